The summed E-state index contributed by atoms with van der Waals surface area (Å²) < 4.78 is 37.6. The number of hydrogen-bond donors (Lipinski definition) is 2. The highest BCUT2D eigenvalue weighted by Crippen LogP contribution is 2.07. The van der Waals surface area contributed by atoms with Crippen molar-refractivity contribution in [3.05, 3.63) is 71.5 Å². The molecule has 0 bridgehead atoms. The van der Waals surface area contributed by atoms with Crippen LogP contribution in [-0.4, -0.2) is 33.2 Å². The fourth-order valence-corrected chi connectivity index (χ4v) is 3.98. The molecule has 2 aromatic rings. The molecule has 0 unspecified atom stereocenters. The monoisotopic (exact) mass is 519 g/mol. The summed E-state index contributed by atoms with van der Waals surface area (Å²) in [5.41, 5.74) is 1.58. The zero-order chi connectivity index (χ0) is 19.5. The second-order valence-corrected chi connectivity index (χ2v) is 8.37. The van der Waals surface area contributed by atoms with Gasteiger partial charge >= 0.3 is 0 Å². The lowest BCUT2D eigenvalue weighted by Gasteiger charge is -2.11. The fraction of sp³-hybridized carbons (Fsp3) is 0.350. The number of halogens is 2. The zero-order valence-corrected chi connectivity index (χ0v) is 19.0. The van der Waals surface area contributed by atoms with E-state index in [0.29, 0.717) is 32.0 Å². The average Bonchev–Trinajstić information content (AvgIpc) is 2.63. The van der Waals surface area contributed by atoms with Crippen LogP contribution in [0.3, 0.4) is 0 Å². The maximum Gasteiger partial charge on any atom is 0.191 e. The van der Waals surface area contributed by atoms with Crippen molar-refractivity contribution in [2.24, 2.45) is 4.99 Å². The van der Waals surface area contributed by atoms with Crippen molar-refractivity contribution in [1.29, 1.82) is 0 Å². The lowest BCUT2D eigenvalue weighted by molar-refractivity contribution is 0.591. The molecule has 5 nitrogen and oxygen atoms in total. The van der Waals surface area contributed by atoms with Crippen LogP contribution in [0.2, 0.25) is 0 Å². The van der Waals surface area contributed by atoms with E-state index in [2.05, 4.69) is 15.6 Å². The minimum Gasteiger partial charge on any atom is -0.357 e. The molecule has 0 saturated carbocycles. The molecule has 0 radical (unpaired) electrons. The van der Waals surface area contributed by atoms with Crippen molar-refractivity contribution in [3.8, 4) is 0 Å². The van der Waals surface area contributed by atoms with Crippen LogP contribution in [0.25, 0.3) is 0 Å². The summed E-state index contributed by atoms with van der Waals surface area (Å²) in [5, 5.41) is 6.22. The predicted molar refractivity (Wildman–Crippen MR) is 123 cm³/mol. The molecule has 0 saturated heterocycles. The maximum atomic E-state index is 13.2. The van der Waals surface area contributed by atoms with Crippen molar-refractivity contribution >= 4 is 39.8 Å². The van der Waals surface area contributed by atoms with E-state index < -0.39 is 9.84 Å². The Bertz CT molecular complexity index is 846. The van der Waals surface area contributed by atoms with Crippen LogP contribution in [0.5, 0.6) is 0 Å². The number of nitrogens with one attached hydrogen (secondary N) is 2. The summed E-state index contributed by atoms with van der Waals surface area (Å²) in [6, 6.07) is 15.5. The van der Waals surface area contributed by atoms with Crippen LogP contribution in [0.4, 0.5) is 4.39 Å². The second-order valence-electron chi connectivity index (χ2n) is 6.18. The standard InChI is InChI=1S/C20H26FN3O2S.HI/c1-2-22-20(24-15-18-10-6-11-19(21)14-18)23-12-7-13-27(25,26)16-17-8-4-3-5-9-17;/h3-6,8-11,14H,2,7,12-13,15-16H2,1H3,(H2,22,23,24);1H. The normalized spacial score (nSPS) is 11.6. The van der Waals surface area contributed by atoms with Gasteiger partial charge < -0.3 is 10.6 Å². The van der Waals surface area contributed by atoms with Gasteiger partial charge in [0.05, 0.1) is 18.1 Å². The molecule has 0 aliphatic rings. The molecule has 154 valence electrons. The van der Waals surface area contributed by atoms with Gasteiger partial charge in [-0.1, -0.05) is 42.5 Å². The van der Waals surface area contributed by atoms with E-state index in [1.165, 1.54) is 12.1 Å². The van der Waals surface area contributed by atoms with E-state index in [-0.39, 0.29) is 41.3 Å². The predicted octanol–water partition coefficient (Wildman–Crippen LogP) is 3.50. The third-order valence-electron chi connectivity index (χ3n) is 3.81. The van der Waals surface area contributed by atoms with Crippen LogP contribution in [-0.2, 0) is 22.1 Å². The van der Waals surface area contributed by atoms with E-state index >= 15 is 0 Å². The highest BCUT2D eigenvalue weighted by atomic mass is 127. The Kier molecular flexibility index (Phi) is 11.1. The third-order valence-corrected chi connectivity index (χ3v) is 5.49. The van der Waals surface area contributed by atoms with Gasteiger partial charge in [-0.2, -0.15) is 0 Å². The molecule has 2 N–H and O–H groups in total. The summed E-state index contributed by atoms with van der Waals surface area (Å²) in [7, 11) is -3.15. The molecule has 8 heteroatoms. The van der Waals surface area contributed by atoms with Gasteiger partial charge in [0.1, 0.15) is 5.82 Å². The Morgan fingerprint density at radius 3 is 2.43 bits per heavy atom. The number of hydrogen-bond acceptors (Lipinski definition) is 3. The Morgan fingerprint density at radius 1 is 1.04 bits per heavy atom. The van der Waals surface area contributed by atoms with Gasteiger partial charge in [0.15, 0.2) is 15.8 Å². The molecular weight excluding hydrogens is 492 g/mol. The van der Waals surface area contributed by atoms with E-state index in [0.717, 1.165) is 11.1 Å². The molecule has 0 amide bonds. The molecule has 2 rings (SSSR count). The fourth-order valence-electron chi connectivity index (χ4n) is 2.55. The summed E-state index contributed by atoms with van der Waals surface area (Å²) in [4.78, 5) is 4.40. The van der Waals surface area contributed by atoms with Crippen LogP contribution in [0, 0.1) is 5.82 Å². The van der Waals surface area contributed by atoms with Gasteiger partial charge in [-0.3, -0.25) is 0 Å². The zero-order valence-electron chi connectivity index (χ0n) is 15.9. The Morgan fingerprint density at radius 2 is 1.75 bits per heavy atom. The number of benzene rings is 2. The molecule has 0 spiro atoms. The molecular formula is C20H27FIN3O2S. The van der Waals surface area contributed by atoms with E-state index in [9.17, 15) is 12.8 Å². The minimum atomic E-state index is -3.15. The Hall–Kier alpha value is -1.68. The number of rotatable bonds is 9. The summed E-state index contributed by atoms with van der Waals surface area (Å²) in [5.74, 6) is 0.464. The molecule has 28 heavy (non-hydrogen) atoms. The number of nitrogens with zero attached hydrogens (tertiary/aromatic N) is 1. The first-order valence-electron chi connectivity index (χ1n) is 8.99. The lowest BCUT2D eigenvalue weighted by atomic mass is 10.2. The molecule has 0 heterocycles. The van der Waals surface area contributed by atoms with Crippen LogP contribution < -0.4 is 10.6 Å². The Balaban J connectivity index is 0.00000392. The van der Waals surface area contributed by atoms with Gasteiger partial charge in [-0.05, 0) is 36.6 Å². The molecule has 2 aromatic carbocycles. The van der Waals surface area contributed by atoms with Crippen LogP contribution >= 0.6 is 24.0 Å². The number of aliphatic imine (C=N–C) groups is 1. The molecule has 0 aliphatic heterocycles. The van der Waals surface area contributed by atoms with Crippen LogP contribution in [0.1, 0.15) is 24.5 Å². The first kappa shape index (κ1) is 24.4. The molecule has 0 fully saturated rings. The summed E-state index contributed by atoms with van der Waals surface area (Å²) >= 11 is 0. The van der Waals surface area contributed by atoms with Crippen LogP contribution in [0.15, 0.2) is 59.6 Å². The van der Waals surface area contributed by atoms with Crippen molar-refractivity contribution in [2.75, 3.05) is 18.8 Å². The van der Waals surface area contributed by atoms with Gasteiger partial charge in [-0.15, -0.1) is 24.0 Å². The van der Waals surface area contributed by atoms with Gasteiger partial charge in [0, 0.05) is 13.1 Å². The quantitative estimate of drug-likeness (QED) is 0.230. The SMILES string of the molecule is CCNC(=NCc1cccc(F)c1)NCCCS(=O)(=O)Cc1ccccc1.I. The number of guanidine groups is 1. The van der Waals surface area contributed by atoms with E-state index in [1.54, 1.807) is 6.07 Å². The van der Waals surface area contributed by atoms with Crippen molar-refractivity contribution in [2.45, 2.75) is 25.6 Å². The number of sulfone groups is 1. The average molecular weight is 519 g/mol. The van der Waals surface area contributed by atoms with E-state index in [4.69, 9.17) is 0 Å². The van der Waals surface area contributed by atoms with Gasteiger partial charge in [0.2, 0.25) is 0 Å². The summed E-state index contributed by atoms with van der Waals surface area (Å²) in [6.45, 7) is 3.47. The van der Waals surface area contributed by atoms with Gasteiger partial charge in [0.25, 0.3) is 0 Å². The maximum absolute atomic E-state index is 13.2. The highest BCUT2D eigenvalue weighted by Gasteiger charge is 2.11. The van der Waals surface area contributed by atoms with Crippen molar-refractivity contribution in [3.63, 3.8) is 0 Å². The van der Waals surface area contributed by atoms with Crippen molar-refractivity contribution in [1.82, 2.24) is 10.6 Å². The third kappa shape index (κ3) is 9.50. The second kappa shape index (κ2) is 12.7. The van der Waals surface area contributed by atoms with Crippen molar-refractivity contribution < 1.29 is 12.8 Å². The topological polar surface area (TPSA) is 70.6 Å². The molecule has 0 aliphatic carbocycles. The Labute approximate surface area is 183 Å². The lowest BCUT2D eigenvalue weighted by Crippen LogP contribution is -2.38. The highest BCUT2D eigenvalue weighted by molar-refractivity contribution is 14.0. The molecule has 0 atom stereocenters. The van der Waals surface area contributed by atoms with E-state index in [1.807, 2.05) is 43.3 Å². The summed E-state index contributed by atoms with van der Waals surface area (Å²) in [6.07, 6.45) is 0.486. The first-order chi connectivity index (χ1) is 13.0. The molecule has 0 aromatic heterocycles. The largest absolute Gasteiger partial charge is 0.357 e. The first-order valence-corrected chi connectivity index (χ1v) is 10.8. The van der Waals surface area contributed by atoms with Gasteiger partial charge in [-0.25, -0.2) is 17.8 Å². The smallest absolute Gasteiger partial charge is 0.191 e. The minimum absolute atomic E-state index is 0.